The Morgan fingerprint density at radius 3 is 2.76 bits per heavy atom. The molecule has 3 nitrogen and oxygen atoms in total. The number of nitrogens with zero attached hydrogens (tertiary/aromatic N) is 2. The molecular weight excluding hydrogens is 210 g/mol. The highest BCUT2D eigenvalue weighted by molar-refractivity contribution is 5.59. The van der Waals surface area contributed by atoms with Crippen LogP contribution in [-0.2, 0) is 13.0 Å². The molecule has 2 heterocycles. The monoisotopic (exact) mass is 225 g/mol. The molecule has 0 fully saturated rings. The van der Waals surface area contributed by atoms with E-state index in [1.54, 1.807) is 0 Å². The Balaban J connectivity index is 2.22. The van der Waals surface area contributed by atoms with Crippen molar-refractivity contribution in [2.45, 2.75) is 25.8 Å². The van der Waals surface area contributed by atoms with Gasteiger partial charge < -0.3 is 4.57 Å². The van der Waals surface area contributed by atoms with Crippen molar-refractivity contribution in [1.29, 1.82) is 5.41 Å². The van der Waals surface area contributed by atoms with E-state index >= 15 is 0 Å². The molecule has 0 aliphatic carbocycles. The lowest BCUT2D eigenvalue weighted by atomic mass is 10.1. The zero-order chi connectivity index (χ0) is 11.7. The van der Waals surface area contributed by atoms with E-state index in [1.807, 2.05) is 24.3 Å². The molecule has 0 saturated heterocycles. The van der Waals surface area contributed by atoms with Gasteiger partial charge in [-0.2, -0.15) is 0 Å². The van der Waals surface area contributed by atoms with Gasteiger partial charge in [-0.25, -0.2) is 4.98 Å². The number of rotatable bonds is 1. The van der Waals surface area contributed by atoms with E-state index in [9.17, 15) is 0 Å². The predicted octanol–water partition coefficient (Wildman–Crippen LogP) is 2.37. The van der Waals surface area contributed by atoms with Gasteiger partial charge in [-0.3, -0.25) is 5.41 Å². The lowest BCUT2D eigenvalue weighted by Crippen LogP contribution is -2.22. The quantitative estimate of drug-likeness (QED) is 0.795. The molecule has 17 heavy (non-hydrogen) atoms. The van der Waals surface area contributed by atoms with Crippen molar-refractivity contribution in [2.24, 2.45) is 0 Å². The highest BCUT2D eigenvalue weighted by Crippen LogP contribution is 2.22. The molecule has 1 N–H and O–H groups in total. The molecule has 0 saturated carbocycles. The summed E-state index contributed by atoms with van der Waals surface area (Å²) in [6.45, 7) is 1.02. The number of fused-ring (bicyclic) bond motifs is 1. The number of benzene rings is 1. The molecule has 3 rings (SSSR count). The Bertz CT molecular complexity index is 584. The summed E-state index contributed by atoms with van der Waals surface area (Å²) in [6.07, 6.45) is 3.38. The SMILES string of the molecule is N=c1cc(-c2ccccc2)n2c(n1)CCCC2. The van der Waals surface area contributed by atoms with Crippen LogP contribution in [0.1, 0.15) is 18.7 Å². The van der Waals surface area contributed by atoms with Crippen LogP contribution >= 0.6 is 0 Å². The first kappa shape index (κ1) is 10.3. The molecular formula is C14H15N3. The first-order valence-electron chi connectivity index (χ1n) is 6.05. The van der Waals surface area contributed by atoms with Gasteiger partial charge in [0.25, 0.3) is 0 Å². The largest absolute Gasteiger partial charge is 0.329 e. The zero-order valence-corrected chi connectivity index (χ0v) is 9.69. The van der Waals surface area contributed by atoms with Gasteiger partial charge in [0.05, 0.1) is 5.69 Å². The van der Waals surface area contributed by atoms with Crippen LogP contribution in [-0.4, -0.2) is 9.55 Å². The summed E-state index contributed by atoms with van der Waals surface area (Å²) >= 11 is 0. The third kappa shape index (κ3) is 1.88. The van der Waals surface area contributed by atoms with Gasteiger partial charge >= 0.3 is 0 Å². The van der Waals surface area contributed by atoms with Gasteiger partial charge in [-0.15, -0.1) is 0 Å². The van der Waals surface area contributed by atoms with Gasteiger partial charge in [-0.05, 0) is 18.4 Å². The van der Waals surface area contributed by atoms with Crippen LogP contribution < -0.4 is 5.49 Å². The molecule has 2 aromatic rings. The smallest absolute Gasteiger partial charge is 0.148 e. The third-order valence-electron chi connectivity index (χ3n) is 3.23. The van der Waals surface area contributed by atoms with Crippen molar-refractivity contribution >= 4 is 0 Å². The molecule has 0 unspecified atom stereocenters. The van der Waals surface area contributed by atoms with E-state index in [0.717, 1.165) is 24.5 Å². The number of nitrogens with one attached hydrogen (secondary N) is 1. The maximum Gasteiger partial charge on any atom is 0.148 e. The Kier molecular flexibility index (Phi) is 2.52. The molecule has 0 spiro atoms. The molecule has 0 atom stereocenters. The predicted molar refractivity (Wildman–Crippen MR) is 66.5 cm³/mol. The lowest BCUT2D eigenvalue weighted by molar-refractivity contribution is 0.508. The van der Waals surface area contributed by atoms with E-state index in [2.05, 4.69) is 21.7 Å². The minimum atomic E-state index is 0.372. The molecule has 3 heteroatoms. The maximum atomic E-state index is 7.80. The summed E-state index contributed by atoms with van der Waals surface area (Å²) in [5.41, 5.74) is 2.67. The summed E-state index contributed by atoms with van der Waals surface area (Å²) in [6, 6.07) is 12.1. The van der Waals surface area contributed by atoms with Crippen LogP contribution in [0.25, 0.3) is 11.3 Å². The first-order valence-corrected chi connectivity index (χ1v) is 6.05. The average Bonchev–Trinajstić information content (AvgIpc) is 2.39. The van der Waals surface area contributed by atoms with Crippen molar-refractivity contribution < 1.29 is 0 Å². The van der Waals surface area contributed by atoms with Gasteiger partial charge in [0, 0.05) is 19.0 Å². The van der Waals surface area contributed by atoms with Crippen LogP contribution in [0.15, 0.2) is 36.4 Å². The van der Waals surface area contributed by atoms with Gasteiger partial charge in [-0.1, -0.05) is 30.3 Å². The van der Waals surface area contributed by atoms with E-state index in [0.29, 0.717) is 5.49 Å². The van der Waals surface area contributed by atoms with Crippen LogP contribution in [0, 0.1) is 5.41 Å². The normalized spacial score (nSPS) is 14.4. The number of hydrogen-bond donors (Lipinski definition) is 1. The standard InChI is InChI=1S/C14H15N3/c15-13-10-12(11-6-2-1-3-7-11)17-9-5-4-8-14(17)16-13/h1-3,6-7,10,15H,4-5,8-9H2. The van der Waals surface area contributed by atoms with Crippen LogP contribution in [0.4, 0.5) is 0 Å². The fourth-order valence-corrected chi connectivity index (χ4v) is 2.42. The van der Waals surface area contributed by atoms with Crippen molar-refractivity contribution in [2.75, 3.05) is 0 Å². The molecule has 0 amide bonds. The Labute approximate surface area is 100 Å². The number of hydrogen-bond acceptors (Lipinski definition) is 2. The fourth-order valence-electron chi connectivity index (χ4n) is 2.42. The Morgan fingerprint density at radius 1 is 1.12 bits per heavy atom. The Hall–Kier alpha value is -1.90. The lowest BCUT2D eigenvalue weighted by Gasteiger charge is -2.21. The zero-order valence-electron chi connectivity index (χ0n) is 9.69. The highest BCUT2D eigenvalue weighted by atomic mass is 15.1. The Morgan fingerprint density at radius 2 is 1.94 bits per heavy atom. The molecule has 1 aliphatic heterocycles. The third-order valence-corrected chi connectivity index (χ3v) is 3.23. The second-order valence-electron chi connectivity index (χ2n) is 4.42. The molecule has 1 aromatic carbocycles. The summed E-state index contributed by atoms with van der Waals surface area (Å²) in [4.78, 5) is 4.33. The topological polar surface area (TPSA) is 41.7 Å². The summed E-state index contributed by atoms with van der Waals surface area (Å²) in [5.74, 6) is 1.06. The summed E-state index contributed by atoms with van der Waals surface area (Å²) < 4.78 is 2.26. The van der Waals surface area contributed by atoms with Gasteiger partial charge in [0.1, 0.15) is 11.3 Å². The molecule has 0 bridgehead atoms. The molecule has 1 aromatic heterocycles. The maximum absolute atomic E-state index is 7.80. The van der Waals surface area contributed by atoms with Crippen molar-refractivity contribution in [1.82, 2.24) is 9.55 Å². The van der Waals surface area contributed by atoms with Crippen LogP contribution in [0.2, 0.25) is 0 Å². The minimum Gasteiger partial charge on any atom is -0.329 e. The number of aryl methyl sites for hydroxylation is 1. The summed E-state index contributed by atoms with van der Waals surface area (Å²) in [7, 11) is 0. The second-order valence-corrected chi connectivity index (χ2v) is 4.42. The molecule has 1 aliphatic rings. The average molecular weight is 225 g/mol. The van der Waals surface area contributed by atoms with Crippen molar-refractivity contribution in [3.8, 4) is 11.3 Å². The van der Waals surface area contributed by atoms with E-state index in [-0.39, 0.29) is 0 Å². The minimum absolute atomic E-state index is 0.372. The van der Waals surface area contributed by atoms with Crippen LogP contribution in [0.3, 0.4) is 0 Å². The molecule has 86 valence electrons. The van der Waals surface area contributed by atoms with Gasteiger partial charge in [0.2, 0.25) is 0 Å². The molecule has 0 radical (unpaired) electrons. The fraction of sp³-hybridized carbons (Fsp3) is 0.286. The van der Waals surface area contributed by atoms with Crippen molar-refractivity contribution in [3.63, 3.8) is 0 Å². The van der Waals surface area contributed by atoms with Gasteiger partial charge in [0.15, 0.2) is 0 Å². The van der Waals surface area contributed by atoms with Crippen LogP contribution in [0.5, 0.6) is 0 Å². The van der Waals surface area contributed by atoms with E-state index in [1.165, 1.54) is 18.4 Å². The van der Waals surface area contributed by atoms with Crippen molar-refractivity contribution in [3.05, 3.63) is 47.7 Å². The summed E-state index contributed by atoms with van der Waals surface area (Å²) in [5, 5.41) is 7.80. The number of aromatic nitrogens is 2. The second kappa shape index (κ2) is 4.17. The van der Waals surface area contributed by atoms with E-state index < -0.39 is 0 Å². The first-order chi connectivity index (χ1) is 8.34. The van der Waals surface area contributed by atoms with E-state index in [4.69, 9.17) is 5.41 Å². The highest BCUT2D eigenvalue weighted by Gasteiger charge is 2.13.